The lowest BCUT2D eigenvalue weighted by Crippen LogP contribution is -1.97. The number of thiocarbonyl (C=S) groups is 1. The van der Waals surface area contributed by atoms with Crippen molar-refractivity contribution in [3.8, 4) is 0 Å². The Morgan fingerprint density at radius 1 is 1.24 bits per heavy atom. The molecule has 0 bridgehead atoms. The third kappa shape index (κ3) is 4.90. The van der Waals surface area contributed by atoms with Crippen molar-refractivity contribution in [2.45, 2.75) is 13.8 Å². The second-order valence-corrected chi connectivity index (χ2v) is 7.59. The predicted molar refractivity (Wildman–Crippen MR) is 76.6 cm³/mol. The highest BCUT2D eigenvalue weighted by Crippen LogP contribution is 2.61. The fourth-order valence-electron chi connectivity index (χ4n) is 1.13. The molecule has 0 radical (unpaired) electrons. The van der Waals surface area contributed by atoms with Crippen LogP contribution in [0.5, 0.6) is 0 Å². The first-order valence-corrected chi connectivity index (χ1v) is 8.66. The van der Waals surface area contributed by atoms with Gasteiger partial charge in [-0.3, -0.25) is 0 Å². The van der Waals surface area contributed by atoms with Crippen LogP contribution in [0, 0.1) is 0 Å². The van der Waals surface area contributed by atoms with Crippen LogP contribution in [0.15, 0.2) is 30.3 Å². The van der Waals surface area contributed by atoms with Crippen LogP contribution in [-0.4, -0.2) is 17.4 Å². The van der Waals surface area contributed by atoms with Gasteiger partial charge in [-0.05, 0) is 19.4 Å². The van der Waals surface area contributed by atoms with Gasteiger partial charge < -0.3 is 9.05 Å². The normalized spacial score (nSPS) is 11.4. The van der Waals surface area contributed by atoms with E-state index >= 15 is 0 Å². The molecule has 0 amide bonds. The Labute approximate surface area is 111 Å². The maximum Gasteiger partial charge on any atom is 0.394 e. The Balaban J connectivity index is 2.74. The standard InChI is InChI=1S/C11H15O3PS2/c1-3-13-15(12,14-4-2)17-11(16)10-8-6-5-7-9-10/h5-9H,3-4H2,1-2H3. The maximum atomic E-state index is 12.2. The van der Waals surface area contributed by atoms with Crippen LogP contribution in [0.2, 0.25) is 0 Å². The van der Waals surface area contributed by atoms with E-state index in [4.69, 9.17) is 21.3 Å². The van der Waals surface area contributed by atoms with Crippen molar-refractivity contribution >= 4 is 34.6 Å². The summed E-state index contributed by atoms with van der Waals surface area (Å²) < 4.78 is 23.1. The molecule has 1 rings (SSSR count). The molecule has 6 heteroatoms. The zero-order valence-electron chi connectivity index (χ0n) is 9.79. The van der Waals surface area contributed by atoms with Gasteiger partial charge in [0, 0.05) is 11.4 Å². The van der Waals surface area contributed by atoms with Crippen molar-refractivity contribution in [1.82, 2.24) is 0 Å². The quantitative estimate of drug-likeness (QED) is 0.577. The zero-order valence-corrected chi connectivity index (χ0v) is 12.3. The lowest BCUT2D eigenvalue weighted by Gasteiger charge is -2.16. The molecule has 94 valence electrons. The van der Waals surface area contributed by atoms with E-state index in [0.717, 1.165) is 16.9 Å². The van der Waals surface area contributed by atoms with Crippen LogP contribution in [-0.2, 0) is 13.6 Å². The minimum absolute atomic E-state index is 0.335. The van der Waals surface area contributed by atoms with Gasteiger partial charge in [0.05, 0.1) is 17.4 Å². The monoisotopic (exact) mass is 290 g/mol. The van der Waals surface area contributed by atoms with Crippen molar-refractivity contribution in [2.75, 3.05) is 13.2 Å². The molecule has 1 aromatic carbocycles. The van der Waals surface area contributed by atoms with Crippen LogP contribution in [0.4, 0.5) is 0 Å². The maximum absolute atomic E-state index is 12.2. The van der Waals surface area contributed by atoms with Crippen molar-refractivity contribution in [3.63, 3.8) is 0 Å². The van der Waals surface area contributed by atoms with Gasteiger partial charge in [-0.1, -0.05) is 42.5 Å². The van der Waals surface area contributed by atoms with Crippen molar-refractivity contribution in [2.24, 2.45) is 0 Å². The molecule has 0 unspecified atom stereocenters. The summed E-state index contributed by atoms with van der Waals surface area (Å²) in [5.74, 6) is 0. The van der Waals surface area contributed by atoms with Crippen molar-refractivity contribution in [3.05, 3.63) is 35.9 Å². The predicted octanol–water partition coefficient (Wildman–Crippen LogP) is 4.28. The zero-order chi connectivity index (χ0) is 12.7. The summed E-state index contributed by atoms with van der Waals surface area (Å²) in [7, 11) is 0. The van der Waals surface area contributed by atoms with Crippen LogP contribution in [0.25, 0.3) is 0 Å². The smallest absolute Gasteiger partial charge is 0.301 e. The van der Waals surface area contributed by atoms with Crippen molar-refractivity contribution < 1.29 is 13.6 Å². The molecule has 0 fully saturated rings. The third-order valence-corrected chi connectivity index (χ3v) is 6.26. The van der Waals surface area contributed by atoms with Gasteiger partial charge in [-0.15, -0.1) is 0 Å². The average Bonchev–Trinajstić information content (AvgIpc) is 2.30. The molecular weight excluding hydrogens is 275 g/mol. The SMILES string of the molecule is CCOP(=O)(OCC)SC(=S)c1ccccc1. The van der Waals surface area contributed by atoms with E-state index < -0.39 is 6.80 Å². The lowest BCUT2D eigenvalue weighted by atomic mass is 10.2. The highest BCUT2D eigenvalue weighted by Gasteiger charge is 2.27. The summed E-state index contributed by atoms with van der Waals surface area (Å²) in [6.45, 7) is 1.06. The molecule has 0 spiro atoms. The van der Waals surface area contributed by atoms with Crippen LogP contribution in [0.1, 0.15) is 19.4 Å². The molecule has 0 saturated heterocycles. The lowest BCUT2D eigenvalue weighted by molar-refractivity contribution is 0.237. The van der Waals surface area contributed by atoms with Gasteiger partial charge in [0.1, 0.15) is 0 Å². The third-order valence-electron chi connectivity index (χ3n) is 1.78. The summed E-state index contributed by atoms with van der Waals surface area (Å²) in [4.78, 5) is 0. The van der Waals surface area contributed by atoms with Crippen molar-refractivity contribution in [1.29, 1.82) is 0 Å². The highest BCUT2D eigenvalue weighted by atomic mass is 32.7. The molecule has 0 heterocycles. The molecule has 0 saturated carbocycles. The van der Waals surface area contributed by atoms with E-state index in [1.165, 1.54) is 0 Å². The van der Waals surface area contributed by atoms with Gasteiger partial charge in [0.15, 0.2) is 0 Å². The van der Waals surface area contributed by atoms with Gasteiger partial charge in [-0.2, -0.15) is 0 Å². The van der Waals surface area contributed by atoms with E-state index in [-0.39, 0.29) is 0 Å². The molecular formula is C11H15O3PS2. The Kier molecular flexibility index (Phi) is 6.38. The van der Waals surface area contributed by atoms with Gasteiger partial charge >= 0.3 is 6.80 Å². The first-order chi connectivity index (χ1) is 8.11. The van der Waals surface area contributed by atoms with Crippen LogP contribution >= 0.6 is 30.4 Å². The molecule has 1 aromatic rings. The minimum atomic E-state index is -3.17. The fraction of sp³-hybridized carbons (Fsp3) is 0.364. The molecule has 17 heavy (non-hydrogen) atoms. The van der Waals surface area contributed by atoms with Crippen LogP contribution in [0.3, 0.4) is 0 Å². The summed E-state index contributed by atoms with van der Waals surface area (Å²) in [5, 5.41) is 0. The Hall–Kier alpha value is -0.190. The Morgan fingerprint density at radius 2 is 1.76 bits per heavy atom. The number of rotatable bonds is 6. The Bertz CT molecular complexity index is 398. The highest BCUT2D eigenvalue weighted by molar-refractivity contribution is 8.65. The Morgan fingerprint density at radius 3 is 2.24 bits per heavy atom. The van der Waals surface area contributed by atoms with E-state index in [9.17, 15) is 4.57 Å². The molecule has 0 aliphatic carbocycles. The van der Waals surface area contributed by atoms with Crippen LogP contribution < -0.4 is 0 Å². The van der Waals surface area contributed by atoms with E-state index in [0.29, 0.717) is 17.4 Å². The second kappa shape index (κ2) is 7.29. The molecule has 0 aliphatic heterocycles. The minimum Gasteiger partial charge on any atom is -0.301 e. The summed E-state index contributed by atoms with van der Waals surface area (Å²) in [6, 6.07) is 9.42. The number of hydrogen-bond acceptors (Lipinski definition) is 5. The topological polar surface area (TPSA) is 35.5 Å². The largest absolute Gasteiger partial charge is 0.394 e. The average molecular weight is 290 g/mol. The molecule has 3 nitrogen and oxygen atoms in total. The molecule has 0 atom stereocenters. The van der Waals surface area contributed by atoms with E-state index in [2.05, 4.69) is 0 Å². The fourth-order valence-corrected chi connectivity index (χ4v) is 5.22. The van der Waals surface area contributed by atoms with Gasteiger partial charge in [0.25, 0.3) is 0 Å². The van der Waals surface area contributed by atoms with Gasteiger partial charge in [0.2, 0.25) is 0 Å². The van der Waals surface area contributed by atoms with Gasteiger partial charge in [-0.25, -0.2) is 4.57 Å². The first-order valence-electron chi connectivity index (χ1n) is 5.29. The molecule has 0 N–H and O–H groups in total. The number of hydrogen-bond donors (Lipinski definition) is 0. The number of benzene rings is 1. The van der Waals surface area contributed by atoms with E-state index in [1.54, 1.807) is 13.8 Å². The summed E-state index contributed by atoms with van der Waals surface area (Å²) in [6.07, 6.45) is 0. The molecule has 0 aromatic heterocycles. The second-order valence-electron chi connectivity index (χ2n) is 3.03. The first kappa shape index (κ1) is 14.9. The molecule has 0 aliphatic rings. The summed E-state index contributed by atoms with van der Waals surface area (Å²) in [5.41, 5.74) is 0.854. The summed E-state index contributed by atoms with van der Waals surface area (Å²) >= 11 is 6.22. The van der Waals surface area contributed by atoms with E-state index in [1.807, 2.05) is 30.3 Å².